The molecule has 0 saturated carbocycles. The number of ether oxygens (including phenoxy) is 2. The van der Waals surface area contributed by atoms with Crippen LogP contribution in [-0.4, -0.2) is 19.8 Å². The molecule has 0 bridgehead atoms. The van der Waals surface area contributed by atoms with Gasteiger partial charge in [0.15, 0.2) is 11.6 Å². The quantitative estimate of drug-likeness (QED) is 0.582. The van der Waals surface area contributed by atoms with Crippen LogP contribution in [0.2, 0.25) is 0 Å². The highest BCUT2D eigenvalue weighted by atomic mass is 19.1. The maximum absolute atomic E-state index is 13.2. The van der Waals surface area contributed by atoms with E-state index in [-0.39, 0.29) is 5.75 Å². The van der Waals surface area contributed by atoms with Gasteiger partial charge in [-0.15, -0.1) is 0 Å². The fourth-order valence-corrected chi connectivity index (χ4v) is 1.12. The largest absolute Gasteiger partial charge is 0.490 e. The van der Waals surface area contributed by atoms with Crippen molar-refractivity contribution in [3.63, 3.8) is 0 Å². The number of rotatable bonds is 6. The first-order valence-electron chi connectivity index (χ1n) is 4.99. The monoisotopic (exact) mass is 213 g/mol. The van der Waals surface area contributed by atoms with Crippen molar-refractivity contribution in [2.75, 3.05) is 25.6 Å². The fourth-order valence-electron chi connectivity index (χ4n) is 1.12. The summed E-state index contributed by atoms with van der Waals surface area (Å²) >= 11 is 0. The van der Waals surface area contributed by atoms with Gasteiger partial charge in [-0.1, -0.05) is 0 Å². The van der Waals surface area contributed by atoms with E-state index < -0.39 is 5.82 Å². The third-order valence-corrected chi connectivity index (χ3v) is 1.85. The van der Waals surface area contributed by atoms with E-state index in [0.717, 1.165) is 6.42 Å². The molecule has 0 aliphatic heterocycles. The standard InChI is InChI=1S/C11H16FNO2/c1-2-14-6-3-7-15-11-5-4-9(13)8-10(11)12/h4-5,8H,2-3,6-7,13H2,1H3. The van der Waals surface area contributed by atoms with Gasteiger partial charge in [0, 0.05) is 31.4 Å². The average molecular weight is 213 g/mol. The van der Waals surface area contributed by atoms with Crippen LogP contribution in [0.5, 0.6) is 5.75 Å². The highest BCUT2D eigenvalue weighted by Crippen LogP contribution is 2.19. The van der Waals surface area contributed by atoms with Gasteiger partial charge in [-0.25, -0.2) is 4.39 Å². The fraction of sp³-hybridized carbons (Fsp3) is 0.455. The zero-order valence-electron chi connectivity index (χ0n) is 8.83. The topological polar surface area (TPSA) is 44.5 Å². The Labute approximate surface area is 89.0 Å². The molecule has 0 heterocycles. The molecule has 0 radical (unpaired) electrons. The number of hydrogen-bond acceptors (Lipinski definition) is 3. The van der Waals surface area contributed by atoms with Crippen LogP contribution in [-0.2, 0) is 4.74 Å². The predicted octanol–water partition coefficient (Wildman–Crippen LogP) is 2.21. The first kappa shape index (κ1) is 11.8. The Kier molecular flexibility index (Phi) is 4.90. The van der Waals surface area contributed by atoms with Crippen molar-refractivity contribution < 1.29 is 13.9 Å². The number of benzene rings is 1. The molecule has 0 aliphatic rings. The van der Waals surface area contributed by atoms with Gasteiger partial charge in [-0.3, -0.25) is 0 Å². The summed E-state index contributed by atoms with van der Waals surface area (Å²) in [6.45, 7) is 3.70. The summed E-state index contributed by atoms with van der Waals surface area (Å²) in [5, 5.41) is 0. The van der Waals surface area contributed by atoms with Crippen molar-refractivity contribution in [2.24, 2.45) is 0 Å². The molecule has 0 fully saturated rings. The van der Waals surface area contributed by atoms with Gasteiger partial charge in [-0.05, 0) is 19.1 Å². The Balaban J connectivity index is 2.31. The lowest BCUT2D eigenvalue weighted by molar-refractivity contribution is 0.130. The van der Waals surface area contributed by atoms with Crippen molar-refractivity contribution in [2.45, 2.75) is 13.3 Å². The van der Waals surface area contributed by atoms with Gasteiger partial charge >= 0.3 is 0 Å². The third-order valence-electron chi connectivity index (χ3n) is 1.85. The molecule has 0 saturated heterocycles. The summed E-state index contributed by atoms with van der Waals surface area (Å²) in [5.41, 5.74) is 5.80. The molecule has 0 amide bonds. The summed E-state index contributed by atoms with van der Waals surface area (Å²) in [5.74, 6) is -0.188. The minimum absolute atomic E-state index is 0.237. The lowest BCUT2D eigenvalue weighted by Crippen LogP contribution is -2.04. The van der Waals surface area contributed by atoms with Gasteiger partial charge in [0.25, 0.3) is 0 Å². The maximum Gasteiger partial charge on any atom is 0.167 e. The van der Waals surface area contributed by atoms with Crippen molar-refractivity contribution >= 4 is 5.69 Å². The minimum atomic E-state index is -0.425. The second-order valence-corrected chi connectivity index (χ2v) is 3.09. The van der Waals surface area contributed by atoms with E-state index in [1.54, 1.807) is 6.07 Å². The number of halogens is 1. The van der Waals surface area contributed by atoms with Gasteiger partial charge in [0.2, 0.25) is 0 Å². The highest BCUT2D eigenvalue weighted by Gasteiger charge is 2.02. The first-order valence-corrected chi connectivity index (χ1v) is 4.99. The molecule has 0 spiro atoms. The minimum Gasteiger partial charge on any atom is -0.490 e. The van der Waals surface area contributed by atoms with Gasteiger partial charge < -0.3 is 15.2 Å². The Morgan fingerprint density at radius 1 is 1.33 bits per heavy atom. The first-order chi connectivity index (χ1) is 7.24. The molecule has 1 aromatic carbocycles. The van der Waals surface area contributed by atoms with E-state index in [1.807, 2.05) is 6.92 Å². The lowest BCUT2D eigenvalue weighted by atomic mass is 10.3. The van der Waals surface area contributed by atoms with Crippen molar-refractivity contribution in [3.05, 3.63) is 24.0 Å². The lowest BCUT2D eigenvalue weighted by Gasteiger charge is -2.07. The van der Waals surface area contributed by atoms with Crippen LogP contribution >= 0.6 is 0 Å². The van der Waals surface area contributed by atoms with Crippen LogP contribution in [0.4, 0.5) is 10.1 Å². The maximum atomic E-state index is 13.2. The molecular formula is C11H16FNO2. The molecule has 0 unspecified atom stereocenters. The summed E-state index contributed by atoms with van der Waals surface area (Å²) in [4.78, 5) is 0. The molecule has 2 N–H and O–H groups in total. The Morgan fingerprint density at radius 3 is 2.80 bits per heavy atom. The summed E-state index contributed by atoms with van der Waals surface area (Å²) < 4.78 is 23.5. The zero-order chi connectivity index (χ0) is 11.1. The molecule has 0 atom stereocenters. The second kappa shape index (κ2) is 6.24. The SMILES string of the molecule is CCOCCCOc1ccc(N)cc1F. The number of nitrogens with two attached hydrogens (primary N) is 1. The van der Waals surface area contributed by atoms with Crippen LogP contribution in [0.1, 0.15) is 13.3 Å². The summed E-state index contributed by atoms with van der Waals surface area (Å²) in [6.07, 6.45) is 0.748. The van der Waals surface area contributed by atoms with Gasteiger partial charge in [-0.2, -0.15) is 0 Å². The normalized spacial score (nSPS) is 10.3. The molecule has 0 aliphatic carbocycles. The van der Waals surface area contributed by atoms with Crippen molar-refractivity contribution in [1.82, 2.24) is 0 Å². The Hall–Kier alpha value is -1.29. The van der Waals surface area contributed by atoms with Crippen molar-refractivity contribution in [1.29, 1.82) is 0 Å². The van der Waals surface area contributed by atoms with Crippen LogP contribution in [0.3, 0.4) is 0 Å². The van der Waals surface area contributed by atoms with E-state index in [2.05, 4.69) is 0 Å². The number of hydrogen-bond donors (Lipinski definition) is 1. The van der Waals surface area contributed by atoms with Crippen LogP contribution in [0.25, 0.3) is 0 Å². The van der Waals surface area contributed by atoms with E-state index in [1.165, 1.54) is 12.1 Å². The summed E-state index contributed by atoms with van der Waals surface area (Å²) in [7, 11) is 0. The molecule has 15 heavy (non-hydrogen) atoms. The second-order valence-electron chi connectivity index (χ2n) is 3.09. The molecule has 0 aromatic heterocycles. The molecular weight excluding hydrogens is 197 g/mol. The molecule has 3 nitrogen and oxygen atoms in total. The van der Waals surface area contributed by atoms with E-state index >= 15 is 0 Å². The average Bonchev–Trinajstić information content (AvgIpc) is 2.20. The Bertz CT molecular complexity index is 305. The molecule has 1 rings (SSSR count). The van der Waals surface area contributed by atoms with Crippen LogP contribution in [0.15, 0.2) is 18.2 Å². The zero-order valence-corrected chi connectivity index (χ0v) is 8.83. The van der Waals surface area contributed by atoms with Crippen LogP contribution < -0.4 is 10.5 Å². The van der Waals surface area contributed by atoms with Crippen LogP contribution in [0, 0.1) is 5.82 Å². The molecule has 84 valence electrons. The van der Waals surface area contributed by atoms with E-state index in [9.17, 15) is 4.39 Å². The van der Waals surface area contributed by atoms with Gasteiger partial charge in [0.05, 0.1) is 6.61 Å². The highest BCUT2D eigenvalue weighted by molar-refractivity contribution is 5.42. The van der Waals surface area contributed by atoms with Gasteiger partial charge in [0.1, 0.15) is 0 Å². The third kappa shape index (κ3) is 4.16. The molecule has 1 aromatic rings. The van der Waals surface area contributed by atoms with E-state index in [0.29, 0.717) is 25.5 Å². The van der Waals surface area contributed by atoms with Crippen molar-refractivity contribution in [3.8, 4) is 5.75 Å². The number of anilines is 1. The Morgan fingerprint density at radius 2 is 2.13 bits per heavy atom. The predicted molar refractivity (Wildman–Crippen MR) is 57.4 cm³/mol. The smallest absolute Gasteiger partial charge is 0.167 e. The van der Waals surface area contributed by atoms with E-state index in [4.69, 9.17) is 15.2 Å². The summed E-state index contributed by atoms with van der Waals surface area (Å²) in [6, 6.07) is 4.39. The number of nitrogen functional groups attached to an aromatic ring is 1. The molecule has 4 heteroatoms.